The van der Waals surface area contributed by atoms with Crippen molar-refractivity contribution >= 4 is 11.6 Å². The number of amides is 1. The van der Waals surface area contributed by atoms with Crippen molar-refractivity contribution in [1.82, 2.24) is 4.90 Å². The molecule has 0 unspecified atom stereocenters. The zero-order chi connectivity index (χ0) is 20.1. The molecule has 0 bridgehead atoms. The Balaban J connectivity index is 1.30. The van der Waals surface area contributed by atoms with E-state index in [-0.39, 0.29) is 17.6 Å². The van der Waals surface area contributed by atoms with Crippen LogP contribution in [0, 0.1) is 0 Å². The van der Waals surface area contributed by atoms with Crippen molar-refractivity contribution in [3.8, 4) is 11.5 Å². The Morgan fingerprint density at radius 1 is 1.17 bits per heavy atom. The Kier molecular flexibility index (Phi) is 6.13. The summed E-state index contributed by atoms with van der Waals surface area (Å²) in [7, 11) is 1.75. The highest BCUT2D eigenvalue weighted by Gasteiger charge is 2.47. The number of benzene rings is 2. The molecular formula is C23H28N2O4. The molecule has 0 aliphatic carbocycles. The lowest BCUT2D eigenvalue weighted by atomic mass is 9.87. The molecule has 2 atom stereocenters. The lowest BCUT2D eigenvalue weighted by molar-refractivity contribution is -0.146. The first kappa shape index (κ1) is 19.9. The first-order chi connectivity index (χ1) is 14.2. The highest BCUT2D eigenvalue weighted by molar-refractivity contribution is 5.92. The van der Waals surface area contributed by atoms with Gasteiger partial charge < -0.3 is 19.5 Å². The summed E-state index contributed by atoms with van der Waals surface area (Å²) in [6, 6.07) is 17.0. The monoisotopic (exact) mass is 396 g/mol. The molecule has 1 amide bonds. The maximum Gasteiger partial charge on any atom is 0.238 e. The standard InChI is InChI=1S/C23H28N2O4/c1-27-21-12-14-25(17-23(21)13-5-15-28-23)16-22(26)24-18-8-10-20(11-9-18)29-19-6-3-2-4-7-19/h2-4,6-11,21H,5,12-17H2,1H3,(H,24,26)/t21-,23-/m0/s1. The molecule has 2 heterocycles. The van der Waals surface area contributed by atoms with Gasteiger partial charge in [-0.15, -0.1) is 0 Å². The van der Waals surface area contributed by atoms with E-state index in [2.05, 4.69) is 10.2 Å². The van der Waals surface area contributed by atoms with Crippen molar-refractivity contribution in [2.24, 2.45) is 0 Å². The third kappa shape index (κ3) is 4.78. The quantitative estimate of drug-likeness (QED) is 0.807. The summed E-state index contributed by atoms with van der Waals surface area (Å²) in [6.07, 6.45) is 3.04. The molecule has 154 valence electrons. The summed E-state index contributed by atoms with van der Waals surface area (Å²) in [4.78, 5) is 14.7. The lowest BCUT2D eigenvalue weighted by Gasteiger charge is -2.44. The highest BCUT2D eigenvalue weighted by Crippen LogP contribution is 2.36. The SMILES string of the molecule is CO[C@H]1CCN(CC(=O)Nc2ccc(Oc3ccccc3)cc2)C[C@@]12CCCO2. The van der Waals surface area contributed by atoms with Gasteiger partial charge in [-0.25, -0.2) is 0 Å². The molecule has 2 aromatic rings. The summed E-state index contributed by atoms with van der Waals surface area (Å²) in [6.45, 7) is 2.70. The van der Waals surface area contributed by atoms with Crippen LogP contribution in [0.2, 0.25) is 0 Å². The molecule has 1 N–H and O–H groups in total. The Hall–Kier alpha value is -2.41. The Morgan fingerprint density at radius 2 is 1.93 bits per heavy atom. The van der Waals surface area contributed by atoms with Crippen molar-refractivity contribution in [2.75, 3.05) is 38.7 Å². The van der Waals surface area contributed by atoms with Gasteiger partial charge >= 0.3 is 0 Å². The summed E-state index contributed by atoms with van der Waals surface area (Å²) in [5.74, 6) is 1.49. The van der Waals surface area contributed by atoms with E-state index in [4.69, 9.17) is 14.2 Å². The van der Waals surface area contributed by atoms with Crippen molar-refractivity contribution in [3.05, 3.63) is 54.6 Å². The average Bonchev–Trinajstić information content (AvgIpc) is 3.19. The van der Waals surface area contributed by atoms with Crippen molar-refractivity contribution in [1.29, 1.82) is 0 Å². The fraction of sp³-hybridized carbons (Fsp3) is 0.435. The van der Waals surface area contributed by atoms with Gasteiger partial charge in [-0.05, 0) is 55.7 Å². The molecule has 29 heavy (non-hydrogen) atoms. The smallest absolute Gasteiger partial charge is 0.238 e. The number of anilines is 1. The molecule has 2 aromatic carbocycles. The molecule has 2 saturated heterocycles. The van der Waals surface area contributed by atoms with Crippen LogP contribution in [0.1, 0.15) is 19.3 Å². The summed E-state index contributed by atoms with van der Waals surface area (Å²) < 4.78 is 17.5. The maximum absolute atomic E-state index is 12.6. The topological polar surface area (TPSA) is 60.0 Å². The molecule has 0 radical (unpaired) electrons. The van der Waals surface area contributed by atoms with E-state index in [0.29, 0.717) is 6.54 Å². The highest BCUT2D eigenvalue weighted by atomic mass is 16.6. The van der Waals surface area contributed by atoms with E-state index >= 15 is 0 Å². The first-order valence-corrected chi connectivity index (χ1v) is 10.2. The van der Waals surface area contributed by atoms with E-state index < -0.39 is 0 Å². The molecule has 2 aliphatic heterocycles. The second-order valence-electron chi connectivity index (χ2n) is 7.73. The van der Waals surface area contributed by atoms with Crippen LogP contribution in [0.15, 0.2) is 54.6 Å². The third-order valence-electron chi connectivity index (χ3n) is 5.69. The van der Waals surface area contributed by atoms with Crippen LogP contribution in [-0.2, 0) is 14.3 Å². The Bertz CT molecular complexity index is 803. The molecule has 6 heteroatoms. The van der Waals surface area contributed by atoms with Gasteiger partial charge in [0.15, 0.2) is 0 Å². The number of hydrogen-bond donors (Lipinski definition) is 1. The van der Waals surface area contributed by atoms with Gasteiger partial charge in [0.1, 0.15) is 17.1 Å². The minimum Gasteiger partial charge on any atom is -0.457 e. The van der Waals surface area contributed by atoms with Crippen molar-refractivity contribution in [3.63, 3.8) is 0 Å². The fourth-order valence-electron chi connectivity index (χ4n) is 4.32. The second-order valence-corrected chi connectivity index (χ2v) is 7.73. The molecule has 2 aliphatic rings. The molecule has 2 fully saturated rings. The molecule has 6 nitrogen and oxygen atoms in total. The predicted molar refractivity (Wildman–Crippen MR) is 111 cm³/mol. The van der Waals surface area contributed by atoms with Gasteiger partial charge in [0.05, 0.1) is 12.6 Å². The van der Waals surface area contributed by atoms with Crippen LogP contribution in [0.25, 0.3) is 0 Å². The fourth-order valence-corrected chi connectivity index (χ4v) is 4.32. The summed E-state index contributed by atoms with van der Waals surface area (Å²) in [5.41, 5.74) is 0.498. The number of likely N-dealkylation sites (tertiary alicyclic amines) is 1. The normalized spacial score (nSPS) is 24.5. The minimum absolute atomic E-state index is 0.0225. The lowest BCUT2D eigenvalue weighted by Crippen LogP contribution is -2.58. The first-order valence-electron chi connectivity index (χ1n) is 10.2. The van der Waals surface area contributed by atoms with Crippen LogP contribution in [-0.4, -0.2) is 55.9 Å². The average molecular weight is 396 g/mol. The number of carbonyl (C=O) groups is 1. The van der Waals surface area contributed by atoms with E-state index in [1.165, 1.54) is 0 Å². The number of nitrogens with one attached hydrogen (secondary N) is 1. The van der Waals surface area contributed by atoms with Gasteiger partial charge in [-0.3, -0.25) is 9.69 Å². The van der Waals surface area contributed by atoms with Gasteiger partial charge in [0, 0.05) is 32.5 Å². The summed E-state index contributed by atoms with van der Waals surface area (Å²) >= 11 is 0. The van der Waals surface area contributed by atoms with Gasteiger partial charge in [-0.1, -0.05) is 18.2 Å². The zero-order valence-electron chi connectivity index (χ0n) is 16.8. The number of nitrogens with zero attached hydrogens (tertiary/aromatic N) is 1. The largest absolute Gasteiger partial charge is 0.457 e. The van der Waals surface area contributed by atoms with E-state index in [9.17, 15) is 4.79 Å². The number of rotatable bonds is 6. The van der Waals surface area contributed by atoms with Crippen LogP contribution < -0.4 is 10.1 Å². The number of piperidine rings is 1. The third-order valence-corrected chi connectivity index (χ3v) is 5.69. The van der Waals surface area contributed by atoms with Crippen molar-refractivity contribution in [2.45, 2.75) is 31.0 Å². The van der Waals surface area contributed by atoms with Crippen LogP contribution >= 0.6 is 0 Å². The molecular weight excluding hydrogens is 368 g/mol. The van der Waals surface area contributed by atoms with Gasteiger partial charge in [-0.2, -0.15) is 0 Å². The predicted octanol–water partition coefficient (Wildman–Crippen LogP) is 3.69. The zero-order valence-corrected chi connectivity index (χ0v) is 16.8. The van der Waals surface area contributed by atoms with E-state index in [1.807, 2.05) is 54.6 Å². The van der Waals surface area contributed by atoms with Gasteiger partial charge in [0.25, 0.3) is 0 Å². The van der Waals surface area contributed by atoms with E-state index in [1.54, 1.807) is 7.11 Å². The Morgan fingerprint density at radius 3 is 2.62 bits per heavy atom. The molecule has 4 rings (SSSR count). The van der Waals surface area contributed by atoms with Crippen molar-refractivity contribution < 1.29 is 19.0 Å². The summed E-state index contributed by atoms with van der Waals surface area (Å²) in [5, 5.41) is 2.98. The maximum atomic E-state index is 12.6. The Labute approximate surface area is 171 Å². The number of methoxy groups -OCH3 is 1. The molecule has 0 saturated carbocycles. The van der Waals surface area contributed by atoms with Crippen LogP contribution in [0.5, 0.6) is 11.5 Å². The second kappa shape index (κ2) is 8.95. The molecule has 0 aromatic heterocycles. The number of ether oxygens (including phenoxy) is 3. The number of hydrogen-bond acceptors (Lipinski definition) is 5. The van der Waals surface area contributed by atoms with E-state index in [0.717, 1.165) is 56.1 Å². The minimum atomic E-state index is -0.260. The van der Waals surface area contributed by atoms with Crippen LogP contribution in [0.4, 0.5) is 5.69 Å². The number of para-hydroxylation sites is 1. The van der Waals surface area contributed by atoms with Gasteiger partial charge in [0.2, 0.25) is 5.91 Å². The van der Waals surface area contributed by atoms with Crippen LogP contribution in [0.3, 0.4) is 0 Å². The molecule has 1 spiro atoms. The number of carbonyl (C=O) groups excluding carboxylic acids is 1.